The van der Waals surface area contributed by atoms with Gasteiger partial charge in [-0.1, -0.05) is 12.1 Å². The van der Waals surface area contributed by atoms with E-state index in [1.807, 2.05) is 0 Å². The van der Waals surface area contributed by atoms with Crippen molar-refractivity contribution in [1.29, 1.82) is 0 Å². The van der Waals surface area contributed by atoms with Crippen LogP contribution in [0.15, 0.2) is 36.4 Å². The van der Waals surface area contributed by atoms with E-state index in [2.05, 4.69) is 4.74 Å². The molecule has 0 saturated carbocycles. The third-order valence-corrected chi connectivity index (χ3v) is 3.97. The zero-order valence-electron chi connectivity index (χ0n) is 14.2. The Morgan fingerprint density at radius 3 is 2.15 bits per heavy atom. The monoisotopic (exact) mass is 356 g/mol. The fraction of sp³-hybridized carbons (Fsp3) is 0.211. The van der Waals surface area contributed by atoms with Gasteiger partial charge < -0.3 is 18.9 Å². The molecule has 2 aromatic carbocycles. The molecule has 7 heteroatoms. The highest BCUT2D eigenvalue weighted by Crippen LogP contribution is 2.36. The molecule has 1 heterocycles. The number of carbonyl (C=O) groups is 3. The van der Waals surface area contributed by atoms with Crippen LogP contribution in [0.5, 0.6) is 11.5 Å². The van der Waals surface area contributed by atoms with Crippen LogP contribution in [-0.2, 0) is 20.7 Å². The molecule has 0 bridgehead atoms. The van der Waals surface area contributed by atoms with Crippen molar-refractivity contribution in [1.82, 2.24) is 0 Å². The summed E-state index contributed by atoms with van der Waals surface area (Å²) in [5.74, 6) is -0.356. The number of ether oxygens (including phenoxy) is 4. The Hall–Kier alpha value is -3.35. The zero-order chi connectivity index (χ0) is 18.7. The van der Waals surface area contributed by atoms with E-state index in [1.54, 1.807) is 12.1 Å². The molecule has 0 amide bonds. The topological polar surface area (TPSA) is 88.1 Å². The summed E-state index contributed by atoms with van der Waals surface area (Å²) in [5, 5.41) is 0. The average Bonchev–Trinajstić information content (AvgIpc) is 3.13. The van der Waals surface area contributed by atoms with Gasteiger partial charge in [-0.2, -0.15) is 0 Å². The quantitative estimate of drug-likeness (QED) is 0.599. The summed E-state index contributed by atoms with van der Waals surface area (Å²) in [6.07, 6.45) is -0.0749. The van der Waals surface area contributed by atoms with Gasteiger partial charge in [-0.25, -0.2) is 4.79 Å². The number of hydrogen-bond donors (Lipinski definition) is 0. The summed E-state index contributed by atoms with van der Waals surface area (Å²) in [5.41, 5.74) is 1.49. The van der Waals surface area contributed by atoms with Crippen molar-refractivity contribution < 1.29 is 33.3 Å². The number of benzene rings is 2. The smallest absolute Gasteiger partial charge is 0.337 e. The van der Waals surface area contributed by atoms with Crippen molar-refractivity contribution in [2.45, 2.75) is 6.42 Å². The minimum Gasteiger partial charge on any atom is -0.469 e. The zero-order valence-corrected chi connectivity index (χ0v) is 14.2. The minimum absolute atomic E-state index is 0.0540. The van der Waals surface area contributed by atoms with Gasteiger partial charge in [0.05, 0.1) is 26.2 Å². The highest BCUT2D eigenvalue weighted by atomic mass is 16.7. The lowest BCUT2D eigenvalue weighted by molar-refractivity contribution is -0.139. The van der Waals surface area contributed by atoms with Crippen LogP contribution in [0.2, 0.25) is 0 Å². The van der Waals surface area contributed by atoms with Crippen LogP contribution in [0.3, 0.4) is 0 Å². The maximum absolute atomic E-state index is 12.9. The van der Waals surface area contributed by atoms with Crippen LogP contribution >= 0.6 is 0 Å². The van der Waals surface area contributed by atoms with E-state index in [4.69, 9.17) is 14.2 Å². The molecule has 0 radical (unpaired) electrons. The van der Waals surface area contributed by atoms with E-state index >= 15 is 0 Å². The first-order chi connectivity index (χ1) is 12.5. The van der Waals surface area contributed by atoms with Gasteiger partial charge in [0, 0.05) is 11.1 Å². The molecule has 2 aromatic rings. The lowest BCUT2D eigenvalue weighted by atomic mass is 9.95. The summed E-state index contributed by atoms with van der Waals surface area (Å²) in [7, 11) is 2.56. The predicted octanol–water partition coefficient (Wildman–Crippen LogP) is 2.15. The number of rotatable bonds is 5. The van der Waals surface area contributed by atoms with Crippen molar-refractivity contribution in [2.24, 2.45) is 0 Å². The van der Waals surface area contributed by atoms with Gasteiger partial charge >= 0.3 is 11.9 Å². The third-order valence-electron chi connectivity index (χ3n) is 3.97. The van der Waals surface area contributed by atoms with Gasteiger partial charge in [-0.3, -0.25) is 9.59 Å². The van der Waals surface area contributed by atoms with Crippen LogP contribution < -0.4 is 9.47 Å². The van der Waals surface area contributed by atoms with Crippen LogP contribution in [0, 0.1) is 0 Å². The molecule has 0 unspecified atom stereocenters. The fourth-order valence-electron chi connectivity index (χ4n) is 2.60. The Balaban J connectivity index is 1.97. The summed E-state index contributed by atoms with van der Waals surface area (Å²) in [6, 6.07) is 9.23. The summed E-state index contributed by atoms with van der Waals surface area (Å²) < 4.78 is 20.0. The van der Waals surface area contributed by atoms with Crippen molar-refractivity contribution in [2.75, 3.05) is 21.0 Å². The summed E-state index contributed by atoms with van der Waals surface area (Å²) in [4.78, 5) is 36.1. The molecule has 0 N–H and O–H groups in total. The van der Waals surface area contributed by atoms with Crippen LogP contribution in [-0.4, -0.2) is 38.7 Å². The van der Waals surface area contributed by atoms with Gasteiger partial charge in [0.1, 0.15) is 0 Å². The van der Waals surface area contributed by atoms with Crippen molar-refractivity contribution in [3.63, 3.8) is 0 Å². The highest BCUT2D eigenvalue weighted by molar-refractivity contribution is 6.11. The van der Waals surface area contributed by atoms with Crippen LogP contribution in [0.4, 0.5) is 0 Å². The molecule has 3 rings (SSSR count). The number of methoxy groups -OCH3 is 2. The summed E-state index contributed by atoms with van der Waals surface area (Å²) >= 11 is 0. The number of fused-ring (bicyclic) bond motifs is 1. The maximum Gasteiger partial charge on any atom is 0.337 e. The average molecular weight is 356 g/mol. The van der Waals surface area contributed by atoms with Crippen LogP contribution in [0.25, 0.3) is 0 Å². The Kier molecular flexibility index (Phi) is 4.88. The Bertz CT molecular complexity index is 868. The second kappa shape index (κ2) is 7.26. The summed E-state index contributed by atoms with van der Waals surface area (Å²) in [6.45, 7) is 0.0540. The fourth-order valence-corrected chi connectivity index (χ4v) is 2.60. The van der Waals surface area contributed by atoms with E-state index in [0.717, 1.165) is 0 Å². The molecule has 0 spiro atoms. The normalized spacial score (nSPS) is 11.8. The Morgan fingerprint density at radius 1 is 0.923 bits per heavy atom. The standard InChI is InChI=1S/C19H16O7/c1-23-17(20)8-13-7-15-16(26-10-25-15)9-14(13)18(21)11-3-5-12(6-4-11)19(22)24-2/h3-7,9H,8,10H2,1-2H3. The van der Waals surface area contributed by atoms with E-state index in [9.17, 15) is 14.4 Å². The Labute approximate surface area is 149 Å². The molecule has 0 atom stereocenters. The maximum atomic E-state index is 12.9. The SMILES string of the molecule is COC(=O)Cc1cc2c(cc1C(=O)c1ccc(C(=O)OC)cc1)OCO2. The predicted molar refractivity (Wildman–Crippen MR) is 89.5 cm³/mol. The van der Waals surface area contributed by atoms with Crippen molar-refractivity contribution in [3.8, 4) is 11.5 Å². The highest BCUT2D eigenvalue weighted by Gasteiger charge is 2.23. The third kappa shape index (κ3) is 3.37. The molecule has 0 saturated heterocycles. The van der Waals surface area contributed by atoms with Crippen LogP contribution in [0.1, 0.15) is 31.8 Å². The molecular formula is C19H16O7. The molecule has 1 aliphatic heterocycles. The van der Waals surface area contributed by atoms with Gasteiger partial charge in [0.2, 0.25) is 6.79 Å². The number of esters is 2. The first kappa shape index (κ1) is 17.5. The molecule has 134 valence electrons. The molecule has 0 aromatic heterocycles. The molecule has 0 fully saturated rings. The number of ketones is 1. The second-order valence-electron chi connectivity index (χ2n) is 5.51. The molecule has 0 aliphatic carbocycles. The molecule has 7 nitrogen and oxygen atoms in total. The van der Waals surface area contributed by atoms with Crippen molar-refractivity contribution in [3.05, 3.63) is 58.7 Å². The van der Waals surface area contributed by atoms with Crippen molar-refractivity contribution >= 4 is 17.7 Å². The van der Waals surface area contributed by atoms with E-state index < -0.39 is 11.9 Å². The molecule has 1 aliphatic rings. The van der Waals surface area contributed by atoms with Gasteiger partial charge in [0.15, 0.2) is 17.3 Å². The van der Waals surface area contributed by atoms with E-state index in [0.29, 0.717) is 33.8 Å². The minimum atomic E-state index is -0.488. The number of hydrogen-bond acceptors (Lipinski definition) is 7. The van der Waals surface area contributed by atoms with Gasteiger partial charge in [-0.05, 0) is 29.8 Å². The second-order valence-corrected chi connectivity index (χ2v) is 5.51. The lowest BCUT2D eigenvalue weighted by Gasteiger charge is -2.10. The van der Waals surface area contributed by atoms with Gasteiger partial charge in [-0.15, -0.1) is 0 Å². The largest absolute Gasteiger partial charge is 0.469 e. The van der Waals surface area contributed by atoms with E-state index in [-0.39, 0.29) is 19.0 Å². The first-order valence-electron chi connectivity index (χ1n) is 7.76. The van der Waals surface area contributed by atoms with Gasteiger partial charge in [0.25, 0.3) is 0 Å². The number of carbonyl (C=O) groups excluding carboxylic acids is 3. The van der Waals surface area contributed by atoms with E-state index in [1.165, 1.54) is 38.5 Å². The molecule has 26 heavy (non-hydrogen) atoms. The Morgan fingerprint density at radius 2 is 1.54 bits per heavy atom. The molecular weight excluding hydrogens is 340 g/mol. The lowest BCUT2D eigenvalue weighted by Crippen LogP contribution is -2.11. The first-order valence-corrected chi connectivity index (χ1v) is 7.76.